The van der Waals surface area contributed by atoms with Crippen molar-refractivity contribution in [1.29, 1.82) is 0 Å². The number of nitrogens with one attached hydrogen (secondary N) is 1. The van der Waals surface area contributed by atoms with Gasteiger partial charge in [-0.3, -0.25) is 0 Å². The fourth-order valence-electron chi connectivity index (χ4n) is 0.825. The predicted octanol–water partition coefficient (Wildman–Crippen LogP) is 2.25. The molecule has 0 aliphatic rings. The summed E-state index contributed by atoms with van der Waals surface area (Å²) in [6, 6.07) is 4.81. The molecule has 0 spiro atoms. The summed E-state index contributed by atoms with van der Waals surface area (Å²) < 4.78 is 58.8. The van der Waals surface area contributed by atoms with Crippen LogP contribution in [-0.4, -0.2) is 14.7 Å². The molecule has 84 valence electrons. The van der Waals surface area contributed by atoms with E-state index in [2.05, 4.69) is 15.9 Å². The van der Waals surface area contributed by atoms with Crippen molar-refractivity contribution < 1.29 is 21.6 Å². The average Bonchev–Trinajstić information content (AvgIpc) is 2.00. The summed E-state index contributed by atoms with van der Waals surface area (Å²) in [5.74, 6) is 0. The zero-order valence-electron chi connectivity index (χ0n) is 7.05. The van der Waals surface area contributed by atoms with Gasteiger partial charge in [0, 0.05) is 4.47 Å². The molecular formula is C7H5BrF3NO2S. The average molecular weight is 304 g/mol. The first-order chi connectivity index (χ1) is 6.71. The molecule has 0 saturated carbocycles. The summed E-state index contributed by atoms with van der Waals surface area (Å²) in [7, 11) is -4.53. The highest BCUT2D eigenvalue weighted by Crippen LogP contribution is 2.18. The van der Waals surface area contributed by atoms with Crippen molar-refractivity contribution in [1.82, 2.24) is 4.72 Å². The van der Waals surface area contributed by atoms with Gasteiger partial charge in [0.25, 0.3) is 0 Å². The Balaban J connectivity index is 3.02. The summed E-state index contributed by atoms with van der Waals surface area (Å²) in [5, 5.41) is 0. The van der Waals surface area contributed by atoms with E-state index in [0.717, 1.165) is 12.1 Å². The van der Waals surface area contributed by atoms with E-state index in [1.165, 1.54) is 12.1 Å². The molecule has 0 bridgehead atoms. The Morgan fingerprint density at radius 3 is 2.00 bits per heavy atom. The topological polar surface area (TPSA) is 46.2 Å². The molecule has 15 heavy (non-hydrogen) atoms. The van der Waals surface area contributed by atoms with Crippen molar-refractivity contribution in [2.75, 3.05) is 0 Å². The number of hydrogen-bond donors (Lipinski definition) is 1. The van der Waals surface area contributed by atoms with Crippen molar-refractivity contribution >= 4 is 26.0 Å². The van der Waals surface area contributed by atoms with E-state index in [1.54, 1.807) is 0 Å². The Bertz CT molecular complexity index is 440. The SMILES string of the molecule is O=S(=O)(NC(F)(F)F)c1ccc(Br)cc1. The number of alkyl halides is 3. The van der Waals surface area contributed by atoms with Gasteiger partial charge in [-0.1, -0.05) is 15.9 Å². The van der Waals surface area contributed by atoms with Crippen molar-refractivity contribution in [3.05, 3.63) is 28.7 Å². The Labute approximate surface area is 92.5 Å². The van der Waals surface area contributed by atoms with E-state index in [0.29, 0.717) is 9.19 Å². The highest BCUT2D eigenvalue weighted by atomic mass is 79.9. The second kappa shape index (κ2) is 4.11. The molecule has 0 heterocycles. The summed E-state index contributed by atoms with van der Waals surface area (Å²) in [6.07, 6.45) is -4.97. The summed E-state index contributed by atoms with van der Waals surface area (Å²) in [5.41, 5.74) is 0. The molecule has 0 aliphatic carbocycles. The molecule has 0 aromatic heterocycles. The van der Waals surface area contributed by atoms with E-state index < -0.39 is 21.2 Å². The maximum absolute atomic E-state index is 11.8. The van der Waals surface area contributed by atoms with Gasteiger partial charge in [0.15, 0.2) is 0 Å². The first kappa shape index (κ1) is 12.5. The Hall–Kier alpha value is -0.600. The predicted molar refractivity (Wildman–Crippen MR) is 50.5 cm³/mol. The van der Waals surface area contributed by atoms with E-state index in [9.17, 15) is 21.6 Å². The number of rotatable bonds is 2. The standard InChI is InChI=1S/C7H5BrF3NO2S/c8-5-1-3-6(4-2-5)15(13,14)12-7(9,10)11/h1-4,12H. The maximum atomic E-state index is 11.8. The lowest BCUT2D eigenvalue weighted by atomic mass is 10.4. The molecule has 0 amide bonds. The van der Waals surface area contributed by atoms with E-state index in [4.69, 9.17) is 0 Å². The Morgan fingerprint density at radius 1 is 1.13 bits per heavy atom. The molecule has 1 rings (SSSR count). The zero-order valence-corrected chi connectivity index (χ0v) is 9.45. The van der Waals surface area contributed by atoms with E-state index in [-0.39, 0.29) is 0 Å². The summed E-state index contributed by atoms with van der Waals surface area (Å²) in [6.45, 7) is 0. The van der Waals surface area contributed by atoms with Crippen LogP contribution in [0.1, 0.15) is 0 Å². The highest BCUT2D eigenvalue weighted by Gasteiger charge is 2.34. The molecular weight excluding hydrogens is 299 g/mol. The molecule has 0 saturated heterocycles. The van der Waals surface area contributed by atoms with Gasteiger partial charge < -0.3 is 0 Å². The van der Waals surface area contributed by atoms with Gasteiger partial charge in [0.05, 0.1) is 4.90 Å². The van der Waals surface area contributed by atoms with Gasteiger partial charge in [-0.2, -0.15) is 13.2 Å². The minimum Gasteiger partial charge on any atom is -0.207 e. The molecule has 1 N–H and O–H groups in total. The lowest BCUT2D eigenvalue weighted by Crippen LogP contribution is -2.37. The van der Waals surface area contributed by atoms with Crippen LogP contribution in [0.25, 0.3) is 0 Å². The molecule has 1 aromatic carbocycles. The van der Waals surface area contributed by atoms with Crippen LogP contribution in [0.3, 0.4) is 0 Å². The van der Waals surface area contributed by atoms with Crippen LogP contribution in [0.2, 0.25) is 0 Å². The van der Waals surface area contributed by atoms with Crippen LogP contribution in [0.5, 0.6) is 0 Å². The van der Waals surface area contributed by atoms with Gasteiger partial charge in [0.1, 0.15) is 0 Å². The minimum absolute atomic E-state index is 0.442. The largest absolute Gasteiger partial charge is 0.470 e. The second-order valence-electron chi connectivity index (χ2n) is 2.56. The Kier molecular flexibility index (Phi) is 3.41. The van der Waals surface area contributed by atoms with Gasteiger partial charge in [0.2, 0.25) is 10.0 Å². The molecule has 8 heteroatoms. The van der Waals surface area contributed by atoms with E-state index >= 15 is 0 Å². The smallest absolute Gasteiger partial charge is 0.207 e. The van der Waals surface area contributed by atoms with Crippen LogP contribution in [0.4, 0.5) is 13.2 Å². The highest BCUT2D eigenvalue weighted by molar-refractivity contribution is 9.10. The number of sulfonamides is 1. The van der Waals surface area contributed by atoms with Crippen LogP contribution in [0.15, 0.2) is 33.6 Å². The molecule has 0 unspecified atom stereocenters. The van der Waals surface area contributed by atoms with Crippen LogP contribution in [-0.2, 0) is 10.0 Å². The van der Waals surface area contributed by atoms with Crippen molar-refractivity contribution in [2.24, 2.45) is 0 Å². The van der Waals surface area contributed by atoms with Gasteiger partial charge in [-0.15, -0.1) is 4.72 Å². The molecule has 0 aliphatic heterocycles. The van der Waals surface area contributed by atoms with Gasteiger partial charge in [-0.05, 0) is 24.3 Å². The van der Waals surface area contributed by atoms with Crippen molar-refractivity contribution in [3.63, 3.8) is 0 Å². The van der Waals surface area contributed by atoms with Gasteiger partial charge in [-0.25, -0.2) is 8.42 Å². The van der Waals surface area contributed by atoms with Crippen LogP contribution >= 0.6 is 15.9 Å². The number of halogens is 4. The third kappa shape index (κ3) is 3.80. The molecule has 3 nitrogen and oxygen atoms in total. The van der Waals surface area contributed by atoms with Crippen molar-refractivity contribution in [3.8, 4) is 0 Å². The number of benzene rings is 1. The Morgan fingerprint density at radius 2 is 1.60 bits per heavy atom. The molecule has 1 aromatic rings. The summed E-state index contributed by atoms with van der Waals surface area (Å²) in [4.78, 5) is -0.442. The maximum Gasteiger partial charge on any atom is 0.470 e. The minimum atomic E-state index is -4.97. The quantitative estimate of drug-likeness (QED) is 0.852. The second-order valence-corrected chi connectivity index (χ2v) is 5.16. The normalized spacial score (nSPS) is 12.8. The van der Waals surface area contributed by atoms with Gasteiger partial charge >= 0.3 is 6.30 Å². The molecule has 0 radical (unpaired) electrons. The third-order valence-corrected chi connectivity index (χ3v) is 3.30. The summed E-state index contributed by atoms with van der Waals surface area (Å²) >= 11 is 3.04. The lowest BCUT2D eigenvalue weighted by molar-refractivity contribution is -0.138. The van der Waals surface area contributed by atoms with E-state index in [1.807, 2.05) is 0 Å². The van der Waals surface area contributed by atoms with Crippen LogP contribution in [0, 0.1) is 0 Å². The fraction of sp³-hybridized carbons (Fsp3) is 0.143. The molecule has 0 atom stereocenters. The lowest BCUT2D eigenvalue weighted by Gasteiger charge is -2.09. The molecule has 0 fully saturated rings. The first-order valence-corrected chi connectivity index (χ1v) is 5.85. The zero-order chi connectivity index (χ0) is 11.7. The number of hydrogen-bond acceptors (Lipinski definition) is 2. The monoisotopic (exact) mass is 303 g/mol. The fourth-order valence-corrected chi connectivity index (χ4v) is 2.01. The van der Waals surface area contributed by atoms with Crippen LogP contribution < -0.4 is 4.72 Å². The third-order valence-electron chi connectivity index (χ3n) is 1.37. The van der Waals surface area contributed by atoms with Crippen molar-refractivity contribution in [2.45, 2.75) is 11.2 Å². The first-order valence-electron chi connectivity index (χ1n) is 3.57.